The number of nitrogens with two attached hydrogens (primary N) is 1. The topological polar surface area (TPSA) is 68.9 Å². The molecule has 0 spiro atoms. The fraction of sp³-hybridized carbons (Fsp3) is 0.909. The molecule has 1 heterocycles. The van der Waals surface area contributed by atoms with Crippen LogP contribution < -0.4 is 11.1 Å². The largest absolute Gasteiger partial charge is 0.370 e. The molecule has 0 aliphatic carbocycles. The number of nitrogens with one attached hydrogen (secondary N) is 1. The second-order valence-corrected chi connectivity index (χ2v) is 4.63. The number of guanidine groups is 1. The van der Waals surface area contributed by atoms with Crippen LogP contribution in [0, 0.1) is 5.92 Å². The van der Waals surface area contributed by atoms with E-state index in [1.807, 2.05) is 6.92 Å². The molecule has 0 amide bonds. The third-order valence-corrected chi connectivity index (χ3v) is 2.41. The Morgan fingerprint density at radius 3 is 2.53 bits per heavy atom. The van der Waals surface area contributed by atoms with Crippen molar-refractivity contribution in [2.45, 2.75) is 33.0 Å². The fourth-order valence-corrected chi connectivity index (χ4v) is 1.46. The molecular formula is C11H24IN3O2. The van der Waals surface area contributed by atoms with Crippen LogP contribution in [-0.4, -0.2) is 38.0 Å². The van der Waals surface area contributed by atoms with Crippen molar-refractivity contribution in [1.82, 2.24) is 5.32 Å². The minimum Gasteiger partial charge on any atom is -0.370 e. The van der Waals surface area contributed by atoms with Crippen LogP contribution in [0.3, 0.4) is 0 Å². The molecule has 0 unspecified atom stereocenters. The number of hydrogen-bond donors (Lipinski definition) is 2. The molecule has 0 aromatic heterocycles. The Labute approximate surface area is 121 Å². The molecule has 0 atom stereocenters. The number of nitrogens with zero attached hydrogens (tertiary/aromatic N) is 1. The third-order valence-electron chi connectivity index (χ3n) is 2.41. The molecule has 0 saturated carbocycles. The average molecular weight is 357 g/mol. The molecule has 6 heteroatoms. The predicted molar refractivity (Wildman–Crippen MR) is 79.7 cm³/mol. The Balaban J connectivity index is 0.00000256. The lowest BCUT2D eigenvalue weighted by Gasteiger charge is -2.22. The molecule has 1 saturated heterocycles. The number of rotatable bonds is 5. The molecule has 1 aliphatic heterocycles. The van der Waals surface area contributed by atoms with Crippen LogP contribution in [0.25, 0.3) is 0 Å². The summed E-state index contributed by atoms with van der Waals surface area (Å²) in [5.41, 5.74) is 5.71. The second-order valence-electron chi connectivity index (χ2n) is 4.63. The smallest absolute Gasteiger partial charge is 0.188 e. The van der Waals surface area contributed by atoms with Gasteiger partial charge in [0.25, 0.3) is 0 Å². The van der Waals surface area contributed by atoms with E-state index in [0.717, 1.165) is 13.0 Å². The lowest BCUT2D eigenvalue weighted by molar-refractivity contribution is -0.145. The lowest BCUT2D eigenvalue weighted by Crippen LogP contribution is -2.37. The van der Waals surface area contributed by atoms with Gasteiger partial charge >= 0.3 is 0 Å². The lowest BCUT2D eigenvalue weighted by atomic mass is 10.2. The van der Waals surface area contributed by atoms with Crippen LogP contribution in [-0.2, 0) is 9.47 Å². The van der Waals surface area contributed by atoms with Gasteiger partial charge in [-0.15, -0.1) is 24.0 Å². The maximum atomic E-state index is 5.71. The van der Waals surface area contributed by atoms with Crippen LogP contribution in [0.4, 0.5) is 0 Å². The molecule has 5 nitrogen and oxygen atoms in total. The normalized spacial score (nSPS) is 19.2. The molecule has 0 aromatic rings. The van der Waals surface area contributed by atoms with Gasteiger partial charge in [0.1, 0.15) is 0 Å². The maximum absolute atomic E-state index is 5.71. The molecular weight excluding hydrogens is 333 g/mol. The maximum Gasteiger partial charge on any atom is 0.188 e. The fourth-order valence-electron chi connectivity index (χ4n) is 1.46. The summed E-state index contributed by atoms with van der Waals surface area (Å²) < 4.78 is 11.0. The molecule has 1 rings (SSSR count). The van der Waals surface area contributed by atoms with Gasteiger partial charge in [0.05, 0.1) is 13.2 Å². The highest BCUT2D eigenvalue weighted by Gasteiger charge is 2.30. The van der Waals surface area contributed by atoms with Gasteiger partial charge in [0, 0.05) is 19.5 Å². The van der Waals surface area contributed by atoms with E-state index in [2.05, 4.69) is 24.2 Å². The van der Waals surface area contributed by atoms with Gasteiger partial charge in [-0.1, -0.05) is 13.8 Å². The van der Waals surface area contributed by atoms with E-state index in [-0.39, 0.29) is 24.0 Å². The van der Waals surface area contributed by atoms with Crippen LogP contribution in [0.5, 0.6) is 0 Å². The van der Waals surface area contributed by atoms with Crippen molar-refractivity contribution in [3.63, 3.8) is 0 Å². The Kier molecular flexibility index (Phi) is 8.06. The van der Waals surface area contributed by atoms with Crippen molar-refractivity contribution in [2.24, 2.45) is 16.6 Å². The average Bonchev–Trinajstić information content (AvgIpc) is 2.62. The van der Waals surface area contributed by atoms with E-state index in [1.165, 1.54) is 0 Å². The molecule has 1 aliphatic rings. The van der Waals surface area contributed by atoms with E-state index < -0.39 is 5.79 Å². The zero-order valence-electron chi connectivity index (χ0n) is 10.9. The first-order valence-electron chi connectivity index (χ1n) is 5.83. The van der Waals surface area contributed by atoms with Crippen molar-refractivity contribution in [3.8, 4) is 0 Å². The van der Waals surface area contributed by atoms with E-state index in [4.69, 9.17) is 15.2 Å². The van der Waals surface area contributed by atoms with Crippen LogP contribution in [0.2, 0.25) is 0 Å². The van der Waals surface area contributed by atoms with Crippen LogP contribution in [0.15, 0.2) is 4.99 Å². The van der Waals surface area contributed by atoms with Crippen molar-refractivity contribution < 1.29 is 9.47 Å². The minimum atomic E-state index is -0.453. The summed E-state index contributed by atoms with van der Waals surface area (Å²) >= 11 is 0. The van der Waals surface area contributed by atoms with Gasteiger partial charge in [-0.05, 0) is 12.8 Å². The first kappa shape index (κ1) is 16.9. The summed E-state index contributed by atoms with van der Waals surface area (Å²) in [6.07, 6.45) is 0.769. The van der Waals surface area contributed by atoms with Crippen molar-refractivity contribution in [3.05, 3.63) is 0 Å². The summed E-state index contributed by atoms with van der Waals surface area (Å²) in [7, 11) is 0. The van der Waals surface area contributed by atoms with Crippen LogP contribution >= 0.6 is 24.0 Å². The van der Waals surface area contributed by atoms with E-state index in [1.54, 1.807) is 0 Å². The third kappa shape index (κ3) is 7.05. The Morgan fingerprint density at radius 2 is 2.00 bits per heavy atom. The summed E-state index contributed by atoms with van der Waals surface area (Å²) in [6, 6.07) is 0. The summed E-state index contributed by atoms with van der Waals surface area (Å²) in [5, 5.41) is 3.06. The van der Waals surface area contributed by atoms with Gasteiger partial charge in [-0.25, -0.2) is 0 Å². The highest BCUT2D eigenvalue weighted by Crippen LogP contribution is 2.21. The van der Waals surface area contributed by atoms with Gasteiger partial charge in [0.15, 0.2) is 11.7 Å². The number of hydrogen-bond acceptors (Lipinski definition) is 3. The predicted octanol–water partition coefficient (Wildman–Crippen LogP) is 1.32. The van der Waals surface area contributed by atoms with Gasteiger partial charge in [-0.3, -0.25) is 4.99 Å². The van der Waals surface area contributed by atoms with E-state index in [0.29, 0.717) is 31.6 Å². The van der Waals surface area contributed by atoms with E-state index in [9.17, 15) is 0 Å². The molecule has 3 N–H and O–H groups in total. The van der Waals surface area contributed by atoms with Crippen molar-refractivity contribution in [1.29, 1.82) is 0 Å². The van der Waals surface area contributed by atoms with Gasteiger partial charge < -0.3 is 20.5 Å². The molecule has 1 fully saturated rings. The summed E-state index contributed by atoms with van der Waals surface area (Å²) in [5.74, 6) is 0.570. The zero-order valence-corrected chi connectivity index (χ0v) is 13.2. The summed E-state index contributed by atoms with van der Waals surface area (Å²) in [6.45, 7) is 8.98. The molecule has 0 bridgehead atoms. The molecule has 0 aromatic carbocycles. The van der Waals surface area contributed by atoms with Crippen molar-refractivity contribution >= 4 is 29.9 Å². The van der Waals surface area contributed by atoms with Crippen LogP contribution in [0.1, 0.15) is 27.2 Å². The van der Waals surface area contributed by atoms with Gasteiger partial charge in [-0.2, -0.15) is 0 Å². The highest BCUT2D eigenvalue weighted by molar-refractivity contribution is 14.0. The van der Waals surface area contributed by atoms with E-state index >= 15 is 0 Å². The zero-order chi connectivity index (χ0) is 12.0. The number of aliphatic imine (C=N–C) groups is 1. The first-order chi connectivity index (χ1) is 7.52. The number of halogens is 1. The monoisotopic (exact) mass is 357 g/mol. The van der Waals surface area contributed by atoms with Crippen molar-refractivity contribution in [2.75, 3.05) is 26.3 Å². The highest BCUT2D eigenvalue weighted by atomic mass is 127. The molecule has 102 valence electrons. The van der Waals surface area contributed by atoms with Gasteiger partial charge in [0.2, 0.25) is 0 Å². The SMILES string of the molecule is CC(C)CN=C(N)NCCC1(C)OCCO1.I. The standard InChI is InChI=1S/C11H23N3O2.HI/c1-9(2)8-14-10(12)13-5-4-11(3)15-6-7-16-11;/h9H,4-8H2,1-3H3,(H3,12,13,14);1H. The Morgan fingerprint density at radius 1 is 1.41 bits per heavy atom. The summed E-state index contributed by atoms with van der Waals surface area (Å²) in [4.78, 5) is 4.21. The Bertz CT molecular complexity index is 241. The quantitative estimate of drug-likeness (QED) is 0.442. The molecule has 17 heavy (non-hydrogen) atoms. The first-order valence-corrected chi connectivity index (χ1v) is 5.83. The number of ether oxygens (including phenoxy) is 2. The Hall–Kier alpha value is -0.0800. The minimum absolute atomic E-state index is 0. The second kappa shape index (κ2) is 8.10. The molecule has 0 radical (unpaired) electrons.